The zero-order chi connectivity index (χ0) is 14.8. The van der Waals surface area contributed by atoms with Crippen LogP contribution in [0.1, 0.15) is 44.2 Å². The van der Waals surface area contributed by atoms with Gasteiger partial charge in [0, 0.05) is 24.3 Å². The van der Waals surface area contributed by atoms with E-state index in [0.717, 1.165) is 30.8 Å². The molecule has 0 aromatic heterocycles. The first-order valence-electron chi connectivity index (χ1n) is 7.26. The van der Waals surface area contributed by atoms with Gasteiger partial charge in [-0.25, -0.2) is 0 Å². The van der Waals surface area contributed by atoms with E-state index >= 15 is 0 Å². The van der Waals surface area contributed by atoms with E-state index < -0.39 is 0 Å². The van der Waals surface area contributed by atoms with Crippen molar-refractivity contribution in [3.05, 3.63) is 29.3 Å². The first-order chi connectivity index (χ1) is 9.43. The van der Waals surface area contributed by atoms with Gasteiger partial charge in [-0.05, 0) is 49.3 Å². The molecule has 20 heavy (non-hydrogen) atoms. The van der Waals surface area contributed by atoms with Crippen LogP contribution in [0.2, 0.25) is 0 Å². The lowest BCUT2D eigenvalue weighted by Crippen LogP contribution is -2.28. The average Bonchev–Trinajstić information content (AvgIpc) is 2.58. The average molecular weight is 275 g/mol. The van der Waals surface area contributed by atoms with Crippen molar-refractivity contribution in [1.82, 2.24) is 0 Å². The highest BCUT2D eigenvalue weighted by atomic mass is 16.4. The molecule has 0 amide bonds. The maximum Gasteiger partial charge on any atom is 0.172 e. The Morgan fingerprint density at radius 3 is 2.75 bits per heavy atom. The Balaban J connectivity index is 2.34. The summed E-state index contributed by atoms with van der Waals surface area (Å²) in [5.41, 5.74) is 9.31. The molecule has 0 spiro atoms. The molecular formula is C16H25N3O. The van der Waals surface area contributed by atoms with Crippen molar-refractivity contribution in [3.63, 3.8) is 0 Å². The summed E-state index contributed by atoms with van der Waals surface area (Å²) < 4.78 is 0. The first-order valence-corrected chi connectivity index (χ1v) is 7.26. The van der Waals surface area contributed by atoms with Crippen LogP contribution in [0.3, 0.4) is 0 Å². The molecule has 1 aliphatic heterocycles. The van der Waals surface area contributed by atoms with Crippen molar-refractivity contribution >= 4 is 11.5 Å². The zero-order valence-electron chi connectivity index (χ0n) is 12.7. The number of anilines is 1. The lowest BCUT2D eigenvalue weighted by Gasteiger charge is -2.27. The minimum absolute atomic E-state index is 0.184. The van der Waals surface area contributed by atoms with Crippen LogP contribution in [0.4, 0.5) is 5.69 Å². The fraction of sp³-hybridized carbons (Fsp3) is 0.562. The Bertz CT molecular complexity index is 508. The van der Waals surface area contributed by atoms with Crippen molar-refractivity contribution in [2.75, 3.05) is 18.0 Å². The maximum atomic E-state index is 8.96. The van der Waals surface area contributed by atoms with Gasteiger partial charge >= 0.3 is 0 Å². The van der Waals surface area contributed by atoms with Crippen LogP contribution in [0.25, 0.3) is 0 Å². The molecule has 3 N–H and O–H groups in total. The predicted octanol–water partition coefficient (Wildman–Crippen LogP) is 3.11. The first kappa shape index (κ1) is 14.7. The van der Waals surface area contributed by atoms with Crippen molar-refractivity contribution in [3.8, 4) is 0 Å². The number of hydrogen-bond donors (Lipinski definition) is 2. The van der Waals surface area contributed by atoms with E-state index in [-0.39, 0.29) is 5.84 Å². The second-order valence-corrected chi connectivity index (χ2v) is 6.51. The van der Waals surface area contributed by atoms with Gasteiger partial charge in [0.25, 0.3) is 0 Å². The van der Waals surface area contributed by atoms with Crippen LogP contribution < -0.4 is 10.6 Å². The highest BCUT2D eigenvalue weighted by Crippen LogP contribution is 2.33. The number of nitrogens with two attached hydrogens (primary N) is 1. The molecule has 1 saturated heterocycles. The number of hydrogen-bond acceptors (Lipinski definition) is 3. The van der Waals surface area contributed by atoms with E-state index in [1.54, 1.807) is 0 Å². The van der Waals surface area contributed by atoms with E-state index in [1.165, 1.54) is 18.4 Å². The topological polar surface area (TPSA) is 61.9 Å². The molecule has 4 nitrogen and oxygen atoms in total. The van der Waals surface area contributed by atoms with E-state index in [4.69, 9.17) is 10.9 Å². The minimum atomic E-state index is 0.184. The van der Waals surface area contributed by atoms with Gasteiger partial charge in [0.15, 0.2) is 5.84 Å². The summed E-state index contributed by atoms with van der Waals surface area (Å²) in [6.45, 7) is 8.77. The number of oxime groups is 1. The van der Waals surface area contributed by atoms with Gasteiger partial charge in [0.1, 0.15) is 0 Å². The molecule has 4 heteroatoms. The smallest absolute Gasteiger partial charge is 0.172 e. The number of benzene rings is 1. The van der Waals surface area contributed by atoms with Gasteiger partial charge < -0.3 is 15.8 Å². The molecule has 1 fully saturated rings. The quantitative estimate of drug-likeness (QED) is 0.377. The van der Waals surface area contributed by atoms with Crippen LogP contribution in [0.15, 0.2) is 23.4 Å². The van der Waals surface area contributed by atoms with E-state index in [0.29, 0.717) is 5.41 Å². The van der Waals surface area contributed by atoms with Gasteiger partial charge in [0.05, 0.1) is 0 Å². The number of nitrogens with zero attached hydrogens (tertiary/aromatic N) is 2. The van der Waals surface area contributed by atoms with E-state index in [2.05, 4.69) is 36.9 Å². The largest absolute Gasteiger partial charge is 0.409 e. The lowest BCUT2D eigenvalue weighted by atomic mass is 9.85. The van der Waals surface area contributed by atoms with Crippen LogP contribution in [-0.4, -0.2) is 24.1 Å². The Hall–Kier alpha value is -1.71. The molecule has 1 heterocycles. The van der Waals surface area contributed by atoms with Crippen LogP contribution >= 0.6 is 0 Å². The molecule has 110 valence electrons. The molecule has 0 atom stereocenters. The van der Waals surface area contributed by atoms with Crippen molar-refractivity contribution in [2.24, 2.45) is 16.3 Å². The van der Waals surface area contributed by atoms with Gasteiger partial charge in [0.2, 0.25) is 0 Å². The Labute approximate surface area is 121 Å². The fourth-order valence-electron chi connectivity index (χ4n) is 2.84. The molecule has 2 rings (SSSR count). The van der Waals surface area contributed by atoms with Crippen LogP contribution in [0.5, 0.6) is 0 Å². The molecular weight excluding hydrogens is 250 g/mol. The summed E-state index contributed by atoms with van der Waals surface area (Å²) in [5, 5.41) is 12.1. The van der Waals surface area contributed by atoms with Crippen LogP contribution in [0, 0.1) is 12.3 Å². The fourth-order valence-corrected chi connectivity index (χ4v) is 2.84. The maximum absolute atomic E-state index is 8.96. The highest BCUT2D eigenvalue weighted by Gasteiger charge is 2.24. The predicted molar refractivity (Wildman–Crippen MR) is 83.5 cm³/mol. The van der Waals surface area contributed by atoms with Crippen LogP contribution in [-0.2, 0) is 0 Å². The molecule has 0 radical (unpaired) electrons. The lowest BCUT2D eigenvalue weighted by molar-refractivity contribution is 0.318. The zero-order valence-corrected chi connectivity index (χ0v) is 12.7. The summed E-state index contributed by atoms with van der Waals surface area (Å²) in [4.78, 5) is 2.37. The SMILES string of the molecule is Cc1ccc(C(N)=NO)c(N2CCCC(C)(C)CC2)c1. The monoisotopic (exact) mass is 275 g/mol. The standard InChI is InChI=1S/C16H25N3O/c1-12-5-6-13(15(17)18-20)14(11-12)19-9-4-7-16(2,3)8-10-19/h5-6,11,20H,4,7-10H2,1-3H3,(H2,17,18). The Morgan fingerprint density at radius 2 is 2.05 bits per heavy atom. The van der Waals surface area contributed by atoms with Gasteiger partial charge in [-0.3, -0.25) is 0 Å². The summed E-state index contributed by atoms with van der Waals surface area (Å²) >= 11 is 0. The summed E-state index contributed by atoms with van der Waals surface area (Å²) in [6, 6.07) is 6.07. The molecule has 0 unspecified atom stereocenters. The summed E-state index contributed by atoms with van der Waals surface area (Å²) in [5.74, 6) is 0.184. The Kier molecular flexibility index (Phi) is 4.21. The molecule has 1 aromatic carbocycles. The van der Waals surface area contributed by atoms with E-state index in [1.807, 2.05) is 12.1 Å². The molecule has 1 aliphatic rings. The number of aryl methyl sites for hydroxylation is 1. The van der Waals surface area contributed by atoms with Crippen molar-refractivity contribution < 1.29 is 5.21 Å². The Morgan fingerprint density at radius 1 is 1.30 bits per heavy atom. The number of rotatable bonds is 2. The second kappa shape index (κ2) is 5.73. The molecule has 0 aliphatic carbocycles. The third-order valence-electron chi connectivity index (χ3n) is 4.22. The number of amidine groups is 1. The third kappa shape index (κ3) is 3.24. The minimum Gasteiger partial charge on any atom is -0.409 e. The van der Waals surface area contributed by atoms with Crippen molar-refractivity contribution in [1.29, 1.82) is 0 Å². The molecule has 1 aromatic rings. The molecule has 0 saturated carbocycles. The normalized spacial score (nSPS) is 19.8. The summed E-state index contributed by atoms with van der Waals surface area (Å²) in [6.07, 6.45) is 3.58. The molecule has 0 bridgehead atoms. The van der Waals surface area contributed by atoms with Crippen molar-refractivity contribution in [2.45, 2.75) is 40.0 Å². The third-order valence-corrected chi connectivity index (χ3v) is 4.22. The highest BCUT2D eigenvalue weighted by molar-refractivity contribution is 6.02. The summed E-state index contributed by atoms with van der Waals surface area (Å²) in [7, 11) is 0. The van der Waals surface area contributed by atoms with E-state index in [9.17, 15) is 0 Å². The second-order valence-electron chi connectivity index (χ2n) is 6.51. The van der Waals surface area contributed by atoms with Gasteiger partial charge in [-0.15, -0.1) is 0 Å². The van der Waals surface area contributed by atoms with Gasteiger partial charge in [-0.2, -0.15) is 0 Å². The van der Waals surface area contributed by atoms with Gasteiger partial charge in [-0.1, -0.05) is 25.1 Å².